The van der Waals surface area contributed by atoms with Crippen LogP contribution < -0.4 is 0 Å². The summed E-state index contributed by atoms with van der Waals surface area (Å²) in [6.07, 6.45) is 7.00. The first-order valence-corrected chi connectivity index (χ1v) is 9.60. The molecule has 23 heavy (non-hydrogen) atoms. The highest BCUT2D eigenvalue weighted by Gasteiger charge is 2.67. The lowest BCUT2D eigenvalue weighted by Crippen LogP contribution is -2.65. The van der Waals surface area contributed by atoms with E-state index >= 15 is 0 Å². The van der Waals surface area contributed by atoms with Gasteiger partial charge in [-0.2, -0.15) is 0 Å². The third-order valence-corrected chi connectivity index (χ3v) is 8.21. The Kier molecular flexibility index (Phi) is 4.18. The lowest BCUT2D eigenvalue weighted by molar-refractivity contribution is -0.259. The summed E-state index contributed by atoms with van der Waals surface area (Å²) in [6.45, 7) is 11.7. The van der Waals surface area contributed by atoms with Crippen LogP contribution >= 0.6 is 0 Å². The lowest BCUT2D eigenvalue weighted by atomic mass is 9.44. The molecular formula is C20H36O3. The van der Waals surface area contributed by atoms with Gasteiger partial charge in [-0.05, 0) is 69.1 Å². The molecule has 3 fully saturated rings. The smallest absolute Gasteiger partial charge is 0.0772 e. The van der Waals surface area contributed by atoms with Crippen LogP contribution in [0.4, 0.5) is 0 Å². The van der Waals surface area contributed by atoms with Crippen molar-refractivity contribution in [2.24, 2.45) is 22.7 Å². The Hall–Kier alpha value is -0.120. The molecule has 2 N–H and O–H groups in total. The average Bonchev–Trinajstić information content (AvgIpc) is 2.81. The minimum Gasteiger partial charge on any atom is -0.396 e. The summed E-state index contributed by atoms with van der Waals surface area (Å²) in [6, 6.07) is 0. The van der Waals surface area contributed by atoms with Crippen molar-refractivity contribution in [1.29, 1.82) is 0 Å². The van der Waals surface area contributed by atoms with Gasteiger partial charge in [-0.25, -0.2) is 0 Å². The molecule has 1 heterocycles. The van der Waals surface area contributed by atoms with Gasteiger partial charge in [0.05, 0.1) is 17.3 Å². The number of aliphatic hydroxyl groups is 2. The number of hydrogen-bond acceptors (Lipinski definition) is 3. The van der Waals surface area contributed by atoms with Gasteiger partial charge in [0.2, 0.25) is 0 Å². The van der Waals surface area contributed by atoms with Crippen molar-refractivity contribution >= 4 is 0 Å². The maximum atomic E-state index is 10.6. The minimum atomic E-state index is -0.198. The minimum absolute atomic E-state index is 0.0422. The SMILES string of the molecule is C[C@H]1CC[C@@H]2C(C)(C)[C@@H](O)CC[C@@]2(C)[C@]12CC[C@@](C)(CCO)O2. The molecule has 3 aliphatic rings. The van der Waals surface area contributed by atoms with Crippen LogP contribution in [0.15, 0.2) is 0 Å². The Morgan fingerprint density at radius 1 is 1.00 bits per heavy atom. The zero-order valence-electron chi connectivity index (χ0n) is 15.7. The molecule has 3 rings (SSSR count). The van der Waals surface area contributed by atoms with Gasteiger partial charge in [0.1, 0.15) is 0 Å². The van der Waals surface area contributed by atoms with Gasteiger partial charge in [-0.3, -0.25) is 0 Å². The molecule has 0 amide bonds. The summed E-state index contributed by atoms with van der Waals surface area (Å²) in [5, 5.41) is 20.0. The third-order valence-electron chi connectivity index (χ3n) is 8.21. The highest BCUT2D eigenvalue weighted by atomic mass is 16.5. The lowest BCUT2D eigenvalue weighted by Gasteiger charge is -2.64. The van der Waals surface area contributed by atoms with Crippen molar-refractivity contribution < 1.29 is 14.9 Å². The molecule has 1 spiro atoms. The van der Waals surface area contributed by atoms with E-state index in [2.05, 4.69) is 34.6 Å². The second-order valence-electron chi connectivity index (χ2n) is 9.74. The topological polar surface area (TPSA) is 49.7 Å². The quantitative estimate of drug-likeness (QED) is 0.809. The predicted octanol–water partition coefficient (Wildman–Crippen LogP) is 3.91. The Labute approximate surface area is 141 Å². The maximum absolute atomic E-state index is 10.6. The fourth-order valence-electron chi connectivity index (χ4n) is 6.60. The first kappa shape index (κ1) is 17.7. The number of hydrogen-bond donors (Lipinski definition) is 2. The highest BCUT2D eigenvalue weighted by molar-refractivity contribution is 5.16. The molecule has 0 aromatic heterocycles. The monoisotopic (exact) mass is 324 g/mol. The molecule has 1 aliphatic heterocycles. The Morgan fingerprint density at radius 3 is 2.35 bits per heavy atom. The van der Waals surface area contributed by atoms with Crippen molar-refractivity contribution in [3.63, 3.8) is 0 Å². The van der Waals surface area contributed by atoms with E-state index in [0.29, 0.717) is 11.8 Å². The molecule has 0 unspecified atom stereocenters. The number of rotatable bonds is 2. The van der Waals surface area contributed by atoms with Crippen molar-refractivity contribution in [1.82, 2.24) is 0 Å². The Balaban J connectivity index is 1.99. The first-order valence-electron chi connectivity index (χ1n) is 9.60. The molecule has 0 aromatic carbocycles. The van der Waals surface area contributed by atoms with Gasteiger partial charge in [0, 0.05) is 12.0 Å². The average molecular weight is 325 g/mol. The van der Waals surface area contributed by atoms with E-state index in [1.165, 1.54) is 12.8 Å². The molecular weight excluding hydrogens is 288 g/mol. The van der Waals surface area contributed by atoms with Crippen LogP contribution in [-0.4, -0.2) is 34.1 Å². The fourth-order valence-corrected chi connectivity index (χ4v) is 6.60. The summed E-state index contributed by atoms with van der Waals surface area (Å²) in [5.74, 6) is 1.06. The molecule has 2 saturated carbocycles. The third kappa shape index (κ3) is 2.33. The largest absolute Gasteiger partial charge is 0.396 e. The molecule has 6 atom stereocenters. The molecule has 134 valence electrons. The number of aliphatic hydroxyl groups excluding tert-OH is 2. The normalized spacial score (nSPS) is 52.6. The molecule has 0 bridgehead atoms. The molecule has 0 radical (unpaired) electrons. The van der Waals surface area contributed by atoms with Gasteiger partial charge < -0.3 is 14.9 Å². The number of ether oxygens (including phenoxy) is 1. The van der Waals surface area contributed by atoms with Gasteiger partial charge in [0.15, 0.2) is 0 Å². The highest BCUT2D eigenvalue weighted by Crippen LogP contribution is 2.67. The zero-order chi connectivity index (χ0) is 17.1. The standard InChI is InChI=1S/C20H36O3/c1-14-6-7-15-17(2,3)16(22)8-9-19(15,5)20(14)11-10-18(4,23-20)12-13-21/h14-16,21-22H,6-13H2,1-5H3/t14-,15+,16-,18-,19+,20-/m0/s1. The van der Waals surface area contributed by atoms with E-state index in [9.17, 15) is 10.2 Å². The van der Waals surface area contributed by atoms with E-state index in [0.717, 1.165) is 32.1 Å². The van der Waals surface area contributed by atoms with Gasteiger partial charge in [-0.1, -0.05) is 27.7 Å². The van der Waals surface area contributed by atoms with Crippen LogP contribution in [-0.2, 0) is 4.74 Å². The Bertz CT molecular complexity index is 462. The molecule has 3 nitrogen and oxygen atoms in total. The molecule has 0 aromatic rings. The van der Waals surface area contributed by atoms with Crippen LogP contribution in [0.5, 0.6) is 0 Å². The first-order chi connectivity index (χ1) is 10.6. The second-order valence-corrected chi connectivity index (χ2v) is 9.74. The van der Waals surface area contributed by atoms with Gasteiger partial charge in [-0.15, -0.1) is 0 Å². The van der Waals surface area contributed by atoms with Crippen LogP contribution in [0, 0.1) is 22.7 Å². The number of fused-ring (bicyclic) bond motifs is 2. The second kappa shape index (κ2) is 5.44. The van der Waals surface area contributed by atoms with E-state index in [1.807, 2.05) is 0 Å². The summed E-state index contributed by atoms with van der Waals surface area (Å²) in [5.41, 5.74) is -0.189. The van der Waals surface area contributed by atoms with Crippen molar-refractivity contribution in [3.8, 4) is 0 Å². The molecule has 1 saturated heterocycles. The summed E-state index contributed by atoms with van der Waals surface area (Å²) in [7, 11) is 0. The van der Waals surface area contributed by atoms with Crippen LogP contribution in [0.1, 0.15) is 79.6 Å². The van der Waals surface area contributed by atoms with E-state index in [-0.39, 0.29) is 34.7 Å². The van der Waals surface area contributed by atoms with Crippen LogP contribution in [0.25, 0.3) is 0 Å². The van der Waals surface area contributed by atoms with E-state index in [4.69, 9.17) is 4.74 Å². The van der Waals surface area contributed by atoms with Gasteiger partial charge in [0.25, 0.3) is 0 Å². The van der Waals surface area contributed by atoms with Gasteiger partial charge >= 0.3 is 0 Å². The molecule has 2 aliphatic carbocycles. The zero-order valence-corrected chi connectivity index (χ0v) is 15.7. The fraction of sp³-hybridized carbons (Fsp3) is 1.00. The van der Waals surface area contributed by atoms with Crippen LogP contribution in [0.3, 0.4) is 0 Å². The summed E-state index contributed by atoms with van der Waals surface area (Å²) in [4.78, 5) is 0. The van der Waals surface area contributed by atoms with E-state index in [1.54, 1.807) is 0 Å². The maximum Gasteiger partial charge on any atom is 0.0772 e. The van der Waals surface area contributed by atoms with E-state index < -0.39 is 0 Å². The predicted molar refractivity (Wildman–Crippen MR) is 92.2 cm³/mol. The van der Waals surface area contributed by atoms with Crippen LogP contribution in [0.2, 0.25) is 0 Å². The molecule has 3 heteroatoms. The van der Waals surface area contributed by atoms with Crippen molar-refractivity contribution in [3.05, 3.63) is 0 Å². The van der Waals surface area contributed by atoms with Crippen molar-refractivity contribution in [2.45, 2.75) is 96.9 Å². The summed E-state index contributed by atoms with van der Waals surface area (Å²) < 4.78 is 6.89. The summed E-state index contributed by atoms with van der Waals surface area (Å²) >= 11 is 0. The Morgan fingerprint density at radius 2 is 1.70 bits per heavy atom. The van der Waals surface area contributed by atoms with Crippen molar-refractivity contribution in [2.75, 3.05) is 6.61 Å².